The molecule has 6 fully saturated rings. The Balaban J connectivity index is 0.00000308. The number of halogens is 1. The third-order valence-corrected chi connectivity index (χ3v) is 13.3. The quantitative estimate of drug-likeness (QED) is 0.387. The molecule has 0 aromatic carbocycles. The number of ether oxygens (including phenoxy) is 2. The van der Waals surface area contributed by atoms with Gasteiger partial charge in [0, 0.05) is 37.4 Å². The third kappa shape index (κ3) is 5.06. The summed E-state index contributed by atoms with van der Waals surface area (Å²) >= 11 is 0. The number of carbonyl (C=O) groups excluding carboxylic acids is 1. The van der Waals surface area contributed by atoms with E-state index in [1.165, 1.54) is 64.5 Å². The Morgan fingerprint density at radius 1 is 1.03 bits per heavy atom. The van der Waals surface area contributed by atoms with Crippen molar-refractivity contribution in [3.63, 3.8) is 0 Å². The fraction of sp³-hybridized carbons (Fsp3) is 0.969. The van der Waals surface area contributed by atoms with Crippen LogP contribution in [0.5, 0.6) is 0 Å². The maximum Gasteiger partial charge on any atom is 0.306 e. The van der Waals surface area contributed by atoms with Crippen LogP contribution in [0.4, 0.5) is 0 Å². The number of fused-ring (bicyclic) bond motifs is 5. The smallest absolute Gasteiger partial charge is 0.306 e. The number of hydrogen-bond donors (Lipinski definition) is 1. The molecule has 0 spiro atoms. The van der Waals surface area contributed by atoms with E-state index in [0.717, 1.165) is 55.5 Å². The van der Waals surface area contributed by atoms with E-state index in [1.807, 2.05) is 6.92 Å². The number of carbonyl (C=O) groups is 1. The van der Waals surface area contributed by atoms with Gasteiger partial charge in [0.25, 0.3) is 0 Å². The molecule has 4 aliphatic carbocycles. The van der Waals surface area contributed by atoms with Crippen molar-refractivity contribution in [2.75, 3.05) is 46.4 Å². The molecule has 1 N–H and O–H groups in total. The van der Waals surface area contributed by atoms with Gasteiger partial charge in [-0.15, -0.1) is 0 Å². The molecule has 6 nitrogen and oxygen atoms in total. The standard InChI is InChI=1S/C32H55N2O4.BrH/c1-5-29(36)38-30-27(34(4)15-7-6-8-16-34)20-25-23-10-9-22-19-28(35)26(33-13-17-37-18-14-33)21-32(22,3)24(23)11-12-31(25,30)2;/h22-28,30,35H,5-21H2,1-4H3;1H/q+1;/p-1/t22-,23?,24?,25?,26-,27-,28-,30-,31-,32-;/m0./s1. The zero-order valence-electron chi connectivity index (χ0n) is 25.1. The summed E-state index contributed by atoms with van der Waals surface area (Å²) in [6.45, 7) is 13.0. The van der Waals surface area contributed by atoms with Crippen molar-refractivity contribution in [2.45, 2.75) is 116 Å². The zero-order chi connectivity index (χ0) is 26.7. The number of esters is 1. The van der Waals surface area contributed by atoms with Gasteiger partial charge in [-0.3, -0.25) is 9.69 Å². The molecule has 2 saturated heterocycles. The number of nitrogens with zero attached hydrogens (tertiary/aromatic N) is 2. The highest BCUT2D eigenvalue weighted by Crippen LogP contribution is 2.67. The molecule has 3 unspecified atom stereocenters. The maximum absolute atomic E-state index is 12.8. The summed E-state index contributed by atoms with van der Waals surface area (Å²) < 4.78 is 13.2. The molecule has 0 amide bonds. The lowest BCUT2D eigenvalue weighted by Crippen LogP contribution is -3.00. The van der Waals surface area contributed by atoms with E-state index in [0.29, 0.717) is 29.7 Å². The molecule has 0 bridgehead atoms. The Hall–Kier alpha value is -0.210. The second-order valence-corrected chi connectivity index (χ2v) is 15.0. The van der Waals surface area contributed by atoms with Crippen LogP contribution in [0.3, 0.4) is 0 Å². The topological polar surface area (TPSA) is 59.0 Å². The van der Waals surface area contributed by atoms with E-state index in [1.54, 1.807) is 0 Å². The summed E-state index contributed by atoms with van der Waals surface area (Å²) in [5.41, 5.74) is 0.389. The Labute approximate surface area is 247 Å². The van der Waals surface area contributed by atoms with Crippen LogP contribution in [0.2, 0.25) is 0 Å². The van der Waals surface area contributed by atoms with Crippen LogP contribution >= 0.6 is 0 Å². The van der Waals surface area contributed by atoms with E-state index in [4.69, 9.17) is 9.47 Å². The molecular weight excluding hydrogens is 556 g/mol. The molecule has 0 radical (unpaired) electrons. The monoisotopic (exact) mass is 610 g/mol. The molecule has 2 aliphatic heterocycles. The highest BCUT2D eigenvalue weighted by molar-refractivity contribution is 5.69. The zero-order valence-corrected chi connectivity index (χ0v) is 26.7. The van der Waals surface area contributed by atoms with Gasteiger partial charge in [0.05, 0.1) is 39.5 Å². The van der Waals surface area contributed by atoms with Crippen molar-refractivity contribution < 1.29 is 40.8 Å². The molecule has 10 atom stereocenters. The number of likely N-dealkylation sites (N-methyl/N-ethyl adjacent to an activating group) is 1. The number of rotatable bonds is 4. The first-order valence-electron chi connectivity index (χ1n) is 16.2. The van der Waals surface area contributed by atoms with E-state index in [2.05, 4.69) is 25.8 Å². The van der Waals surface area contributed by atoms with Crippen LogP contribution in [-0.2, 0) is 14.3 Å². The van der Waals surface area contributed by atoms with E-state index < -0.39 is 0 Å². The summed E-state index contributed by atoms with van der Waals surface area (Å²) in [5, 5.41) is 11.3. The van der Waals surface area contributed by atoms with Gasteiger partial charge in [-0.25, -0.2) is 0 Å². The van der Waals surface area contributed by atoms with E-state index in [9.17, 15) is 9.90 Å². The normalized spacial score (nSPS) is 47.7. The second kappa shape index (κ2) is 11.5. The summed E-state index contributed by atoms with van der Waals surface area (Å²) in [7, 11) is 2.47. The Bertz CT molecular complexity index is 876. The van der Waals surface area contributed by atoms with Gasteiger partial charge in [-0.05, 0) is 86.9 Å². The van der Waals surface area contributed by atoms with Gasteiger partial charge < -0.3 is 36.0 Å². The molecule has 224 valence electrons. The number of piperidine rings is 1. The van der Waals surface area contributed by atoms with E-state index in [-0.39, 0.29) is 46.6 Å². The van der Waals surface area contributed by atoms with Crippen LogP contribution in [0.15, 0.2) is 0 Å². The van der Waals surface area contributed by atoms with Crippen molar-refractivity contribution in [2.24, 2.45) is 34.5 Å². The maximum atomic E-state index is 12.8. The van der Waals surface area contributed by atoms with Gasteiger partial charge in [-0.2, -0.15) is 0 Å². The van der Waals surface area contributed by atoms with Gasteiger partial charge in [-0.1, -0.05) is 20.8 Å². The number of likely N-dealkylation sites (tertiary alicyclic amines) is 1. The van der Waals surface area contributed by atoms with Crippen molar-refractivity contribution in [1.82, 2.24) is 4.90 Å². The molecule has 4 saturated carbocycles. The molecule has 0 aromatic rings. The molecule has 6 rings (SSSR count). The molecule has 6 aliphatic rings. The molecule has 0 aromatic heterocycles. The highest BCUT2D eigenvalue weighted by atomic mass is 79.9. The molecule has 39 heavy (non-hydrogen) atoms. The summed E-state index contributed by atoms with van der Waals surface area (Å²) in [6, 6.07) is 0.721. The summed E-state index contributed by atoms with van der Waals surface area (Å²) in [5.74, 6) is 2.73. The Morgan fingerprint density at radius 2 is 1.74 bits per heavy atom. The predicted octanol–water partition coefficient (Wildman–Crippen LogP) is 1.64. The van der Waals surface area contributed by atoms with E-state index >= 15 is 0 Å². The van der Waals surface area contributed by atoms with Crippen LogP contribution in [0.1, 0.15) is 91.4 Å². The number of hydrogen-bond acceptors (Lipinski definition) is 5. The minimum atomic E-state index is -0.200. The Morgan fingerprint density at radius 3 is 2.44 bits per heavy atom. The lowest BCUT2D eigenvalue weighted by molar-refractivity contribution is -0.940. The molecular formula is C32H55BrN2O4. The van der Waals surface area contributed by atoms with Gasteiger partial charge in [0.2, 0.25) is 0 Å². The van der Waals surface area contributed by atoms with Crippen LogP contribution in [-0.4, -0.2) is 91.2 Å². The van der Waals surface area contributed by atoms with Gasteiger partial charge in [0.15, 0.2) is 6.10 Å². The summed E-state index contributed by atoms with van der Waals surface area (Å²) in [6.07, 6.45) is 12.6. The fourth-order valence-electron chi connectivity index (χ4n) is 11.1. The van der Waals surface area contributed by atoms with Crippen LogP contribution < -0.4 is 17.0 Å². The Kier molecular flexibility index (Phi) is 8.89. The third-order valence-electron chi connectivity index (χ3n) is 13.3. The first-order valence-corrected chi connectivity index (χ1v) is 16.2. The molecule has 7 heteroatoms. The van der Waals surface area contributed by atoms with Gasteiger partial charge in [0.1, 0.15) is 6.04 Å². The fourth-order valence-corrected chi connectivity index (χ4v) is 11.1. The molecule has 2 heterocycles. The minimum Gasteiger partial charge on any atom is -1.00 e. The summed E-state index contributed by atoms with van der Waals surface area (Å²) in [4.78, 5) is 15.3. The van der Waals surface area contributed by atoms with Crippen molar-refractivity contribution >= 4 is 5.97 Å². The average Bonchev–Trinajstić information content (AvgIpc) is 3.22. The lowest BCUT2D eigenvalue weighted by Gasteiger charge is -2.62. The van der Waals surface area contributed by atoms with Crippen LogP contribution in [0, 0.1) is 34.5 Å². The largest absolute Gasteiger partial charge is 1.00 e. The second-order valence-electron chi connectivity index (χ2n) is 15.0. The first kappa shape index (κ1) is 30.3. The lowest BCUT2D eigenvalue weighted by atomic mass is 9.44. The van der Waals surface area contributed by atoms with Gasteiger partial charge >= 0.3 is 5.97 Å². The van der Waals surface area contributed by atoms with Crippen LogP contribution in [0.25, 0.3) is 0 Å². The number of morpholine rings is 1. The predicted molar refractivity (Wildman–Crippen MR) is 148 cm³/mol. The first-order chi connectivity index (χ1) is 18.2. The van der Waals surface area contributed by atoms with Crippen molar-refractivity contribution in [1.29, 1.82) is 0 Å². The SMILES string of the molecule is CCC(=O)O[C@H]1[C@@H]([N+]2(C)CCCCC2)CC2C3CC[C@H]4C[C@H](O)[C@@H](N5CCOCC5)C[C@]4(C)C3CC[C@@]21C.[Br-]. The highest BCUT2D eigenvalue weighted by Gasteiger charge is 2.67. The minimum absolute atomic E-state index is 0. The number of aliphatic hydroxyl groups excluding tert-OH is 1. The number of aliphatic hydroxyl groups is 1. The average molecular weight is 612 g/mol. The van der Waals surface area contributed by atoms with Crippen molar-refractivity contribution in [3.05, 3.63) is 0 Å². The number of quaternary nitrogens is 1. The van der Waals surface area contributed by atoms with Crippen molar-refractivity contribution in [3.8, 4) is 0 Å².